The van der Waals surface area contributed by atoms with E-state index in [0.717, 1.165) is 23.4 Å². The summed E-state index contributed by atoms with van der Waals surface area (Å²) in [6, 6.07) is 4.82. The van der Waals surface area contributed by atoms with Gasteiger partial charge in [0.2, 0.25) is 0 Å². The molecule has 0 fully saturated rings. The van der Waals surface area contributed by atoms with Gasteiger partial charge in [-0.15, -0.1) is 0 Å². The molecule has 17 heavy (non-hydrogen) atoms. The summed E-state index contributed by atoms with van der Waals surface area (Å²) in [4.78, 5) is 0. The van der Waals surface area contributed by atoms with Crippen LogP contribution < -0.4 is 10.3 Å². The zero-order chi connectivity index (χ0) is 13.0. The van der Waals surface area contributed by atoms with E-state index in [4.69, 9.17) is 5.73 Å². The Morgan fingerprint density at radius 1 is 1.35 bits per heavy atom. The van der Waals surface area contributed by atoms with Crippen molar-refractivity contribution in [1.29, 1.82) is 0 Å². The molecular weight excluding hydrogens is 217 g/mol. The average molecular weight is 238 g/mol. The molecule has 0 radical (unpaired) electrons. The zero-order valence-corrected chi connectivity index (χ0v) is 11.0. The fraction of sp³-hybridized carbons (Fsp3) is 0.462. The Labute approximate surface area is 102 Å². The second kappa shape index (κ2) is 5.77. The highest BCUT2D eigenvalue weighted by Crippen LogP contribution is 2.15. The number of aromatic nitrogens is 2. The number of imidazole rings is 1. The van der Waals surface area contributed by atoms with Crippen LogP contribution in [0.3, 0.4) is 0 Å². The van der Waals surface area contributed by atoms with Crippen LogP contribution in [0.2, 0.25) is 0 Å². The molecule has 4 heteroatoms. The first-order chi connectivity index (χ1) is 8.19. The summed E-state index contributed by atoms with van der Waals surface area (Å²) in [5.41, 5.74) is 7.61. The third kappa shape index (κ3) is 2.31. The molecular formula is C13H21FN3+. The van der Waals surface area contributed by atoms with Gasteiger partial charge >= 0.3 is 0 Å². The number of nitrogens with zero attached hydrogens (tertiary/aromatic N) is 2. The van der Waals surface area contributed by atoms with Crippen molar-refractivity contribution in [2.45, 2.75) is 33.9 Å². The predicted octanol–water partition coefficient (Wildman–Crippen LogP) is 2.11. The van der Waals surface area contributed by atoms with Crippen LogP contribution in [0.25, 0.3) is 11.0 Å². The number of aryl methyl sites for hydroxylation is 2. The van der Waals surface area contributed by atoms with Crippen LogP contribution in [0.1, 0.15) is 26.6 Å². The van der Waals surface area contributed by atoms with Gasteiger partial charge in [-0.3, -0.25) is 0 Å². The van der Waals surface area contributed by atoms with Crippen molar-refractivity contribution >= 4 is 11.0 Å². The van der Waals surface area contributed by atoms with Crippen molar-refractivity contribution < 1.29 is 8.96 Å². The van der Waals surface area contributed by atoms with Crippen molar-refractivity contribution in [2.75, 3.05) is 0 Å². The molecule has 0 saturated carbocycles. The summed E-state index contributed by atoms with van der Waals surface area (Å²) in [6.45, 7) is 7.29. The van der Waals surface area contributed by atoms with Gasteiger partial charge in [-0.05, 0) is 19.1 Å². The number of fused-ring (bicyclic) bond motifs is 1. The highest BCUT2D eigenvalue weighted by molar-refractivity contribution is 5.72. The average Bonchev–Trinajstić information content (AvgIpc) is 2.63. The Hall–Kier alpha value is -1.42. The minimum atomic E-state index is -0.209. The highest BCUT2D eigenvalue weighted by atomic mass is 19.1. The molecule has 0 saturated heterocycles. The standard InChI is InChI=1S/C11H15FN3.C2H6/c1-3-15-10-6-8(12)4-5-9(10)14(2)11(15)7-13;1-2/h4-6H,3,7,13H2,1-2H3;1-2H3/q+1;. The third-order valence-electron chi connectivity index (χ3n) is 2.79. The molecule has 0 aliphatic rings. The quantitative estimate of drug-likeness (QED) is 0.799. The van der Waals surface area contributed by atoms with Gasteiger partial charge in [0.15, 0.2) is 11.0 Å². The van der Waals surface area contributed by atoms with E-state index in [9.17, 15) is 4.39 Å². The number of hydrogen-bond donors (Lipinski definition) is 1. The molecule has 1 heterocycles. The van der Waals surface area contributed by atoms with Crippen molar-refractivity contribution in [1.82, 2.24) is 4.57 Å². The van der Waals surface area contributed by atoms with Crippen molar-refractivity contribution in [3.05, 3.63) is 29.8 Å². The van der Waals surface area contributed by atoms with Crippen LogP contribution in [0.4, 0.5) is 4.39 Å². The summed E-state index contributed by atoms with van der Waals surface area (Å²) in [6.07, 6.45) is 0. The van der Waals surface area contributed by atoms with Crippen LogP contribution in [0.5, 0.6) is 0 Å². The second-order valence-electron chi connectivity index (χ2n) is 3.56. The minimum Gasteiger partial charge on any atom is -0.320 e. The van der Waals surface area contributed by atoms with Crippen LogP contribution in [-0.4, -0.2) is 4.57 Å². The van der Waals surface area contributed by atoms with E-state index < -0.39 is 0 Å². The lowest BCUT2D eigenvalue weighted by Gasteiger charge is -1.96. The molecule has 2 rings (SSSR count). The minimum absolute atomic E-state index is 0.209. The van der Waals surface area contributed by atoms with E-state index in [0.29, 0.717) is 6.54 Å². The molecule has 1 aromatic carbocycles. The van der Waals surface area contributed by atoms with Gasteiger partial charge in [0.05, 0.1) is 20.1 Å². The summed E-state index contributed by atoms with van der Waals surface area (Å²) < 4.78 is 17.2. The van der Waals surface area contributed by atoms with E-state index in [1.807, 2.05) is 37.0 Å². The monoisotopic (exact) mass is 238 g/mol. The lowest BCUT2D eigenvalue weighted by atomic mass is 10.3. The molecule has 3 nitrogen and oxygen atoms in total. The van der Waals surface area contributed by atoms with Crippen LogP contribution in [0.15, 0.2) is 18.2 Å². The summed E-state index contributed by atoms with van der Waals surface area (Å²) in [5.74, 6) is 0.803. The Morgan fingerprint density at radius 3 is 2.53 bits per heavy atom. The number of benzene rings is 1. The largest absolute Gasteiger partial charge is 0.320 e. The van der Waals surface area contributed by atoms with Gasteiger partial charge < -0.3 is 5.73 Å². The van der Waals surface area contributed by atoms with E-state index in [1.165, 1.54) is 6.07 Å². The predicted molar refractivity (Wildman–Crippen MR) is 68.0 cm³/mol. The molecule has 0 amide bonds. The molecule has 1 aromatic heterocycles. The van der Waals surface area contributed by atoms with Gasteiger partial charge in [0.1, 0.15) is 5.82 Å². The summed E-state index contributed by atoms with van der Waals surface area (Å²) >= 11 is 0. The Balaban J connectivity index is 0.000000686. The first-order valence-corrected chi connectivity index (χ1v) is 6.05. The molecule has 94 valence electrons. The Kier molecular flexibility index (Phi) is 4.63. The van der Waals surface area contributed by atoms with Crippen molar-refractivity contribution in [2.24, 2.45) is 12.8 Å². The zero-order valence-electron chi connectivity index (χ0n) is 11.0. The van der Waals surface area contributed by atoms with E-state index in [2.05, 4.69) is 0 Å². The van der Waals surface area contributed by atoms with Gasteiger partial charge in [-0.1, -0.05) is 13.8 Å². The van der Waals surface area contributed by atoms with E-state index in [-0.39, 0.29) is 5.82 Å². The molecule has 2 aromatic rings. The first-order valence-electron chi connectivity index (χ1n) is 6.05. The maximum Gasteiger partial charge on any atom is 0.271 e. The second-order valence-corrected chi connectivity index (χ2v) is 3.56. The number of halogens is 1. The Morgan fingerprint density at radius 2 is 2.00 bits per heavy atom. The van der Waals surface area contributed by atoms with Crippen molar-refractivity contribution in [3.63, 3.8) is 0 Å². The summed E-state index contributed by atoms with van der Waals surface area (Å²) in [7, 11) is 1.95. The molecule has 0 bridgehead atoms. The third-order valence-corrected chi connectivity index (χ3v) is 2.79. The summed E-state index contributed by atoms with van der Waals surface area (Å²) in [5, 5.41) is 0. The Bertz CT molecular complexity index is 503. The van der Waals surface area contributed by atoms with Gasteiger partial charge in [-0.2, -0.15) is 0 Å². The topological polar surface area (TPSA) is 34.8 Å². The fourth-order valence-corrected chi connectivity index (χ4v) is 2.06. The lowest BCUT2D eigenvalue weighted by Crippen LogP contribution is -2.34. The molecule has 2 N–H and O–H groups in total. The smallest absolute Gasteiger partial charge is 0.271 e. The maximum atomic E-state index is 13.1. The fourth-order valence-electron chi connectivity index (χ4n) is 2.06. The molecule has 0 spiro atoms. The lowest BCUT2D eigenvalue weighted by molar-refractivity contribution is -0.654. The van der Waals surface area contributed by atoms with Crippen molar-refractivity contribution in [3.8, 4) is 0 Å². The SMILES string of the molecule is CC.CCn1c(CN)[n+](C)c2ccc(F)cc21. The molecule has 0 aliphatic carbocycles. The van der Waals surface area contributed by atoms with Gasteiger partial charge in [0, 0.05) is 6.07 Å². The normalized spacial score (nSPS) is 10.2. The molecule has 0 aliphatic heterocycles. The van der Waals surface area contributed by atoms with Crippen LogP contribution in [-0.2, 0) is 20.1 Å². The number of nitrogens with two attached hydrogens (primary N) is 1. The van der Waals surface area contributed by atoms with Crippen LogP contribution >= 0.6 is 0 Å². The molecule has 0 atom stereocenters. The number of hydrogen-bond acceptors (Lipinski definition) is 1. The van der Waals surface area contributed by atoms with Gasteiger partial charge in [0.25, 0.3) is 5.82 Å². The van der Waals surface area contributed by atoms with Crippen LogP contribution in [0, 0.1) is 5.82 Å². The highest BCUT2D eigenvalue weighted by Gasteiger charge is 2.20. The first kappa shape index (κ1) is 13.6. The van der Waals surface area contributed by atoms with E-state index in [1.54, 1.807) is 12.1 Å². The van der Waals surface area contributed by atoms with E-state index >= 15 is 0 Å². The molecule has 0 unspecified atom stereocenters. The van der Waals surface area contributed by atoms with Gasteiger partial charge in [-0.25, -0.2) is 13.5 Å². The number of rotatable bonds is 2. The maximum absolute atomic E-state index is 13.1.